The van der Waals surface area contributed by atoms with Crippen LogP contribution in [0.15, 0.2) is 10.5 Å². The summed E-state index contributed by atoms with van der Waals surface area (Å²) in [5, 5.41) is 19.3. The minimum atomic E-state index is -0.516. The summed E-state index contributed by atoms with van der Waals surface area (Å²) < 4.78 is 0.241. The molecule has 0 radical (unpaired) electrons. The monoisotopic (exact) mass is 246 g/mol. The van der Waals surface area contributed by atoms with Gasteiger partial charge < -0.3 is 5.11 Å². The van der Waals surface area contributed by atoms with E-state index in [4.69, 9.17) is 5.11 Å². The molecular weight excluding hydrogens is 240 g/mol. The SMILES string of the molecule is Cc1cc([N+](=O)[O-])c(Br)c(CO)n1. The fourth-order valence-electron chi connectivity index (χ4n) is 0.941. The Kier molecular flexibility index (Phi) is 2.94. The molecule has 6 heteroatoms. The molecule has 0 spiro atoms. The smallest absolute Gasteiger partial charge is 0.287 e. The molecule has 5 nitrogen and oxygen atoms in total. The van der Waals surface area contributed by atoms with Crippen molar-refractivity contribution in [3.63, 3.8) is 0 Å². The third-order valence-electron chi connectivity index (χ3n) is 1.48. The van der Waals surface area contributed by atoms with Crippen molar-refractivity contribution >= 4 is 21.6 Å². The van der Waals surface area contributed by atoms with Crippen molar-refractivity contribution in [3.05, 3.63) is 32.0 Å². The fourth-order valence-corrected chi connectivity index (χ4v) is 1.41. The molecule has 70 valence electrons. The number of aliphatic hydroxyl groups excluding tert-OH is 1. The Hall–Kier alpha value is -1.01. The lowest BCUT2D eigenvalue weighted by Crippen LogP contribution is -1.99. The summed E-state index contributed by atoms with van der Waals surface area (Å²) in [4.78, 5) is 13.9. The Labute approximate surface area is 82.7 Å². The molecule has 0 aliphatic heterocycles. The van der Waals surface area contributed by atoms with Crippen LogP contribution in [-0.4, -0.2) is 15.0 Å². The second kappa shape index (κ2) is 3.80. The average molecular weight is 247 g/mol. The summed E-state index contributed by atoms with van der Waals surface area (Å²) in [5.41, 5.74) is 0.724. The van der Waals surface area contributed by atoms with E-state index in [2.05, 4.69) is 20.9 Å². The van der Waals surface area contributed by atoms with Crippen molar-refractivity contribution in [1.82, 2.24) is 4.98 Å². The van der Waals surface area contributed by atoms with Gasteiger partial charge in [0.2, 0.25) is 0 Å². The Morgan fingerprint density at radius 1 is 1.77 bits per heavy atom. The van der Waals surface area contributed by atoms with Gasteiger partial charge in [-0.2, -0.15) is 0 Å². The first-order valence-corrected chi connectivity index (χ1v) is 4.27. The van der Waals surface area contributed by atoms with Gasteiger partial charge in [0, 0.05) is 11.8 Å². The number of halogens is 1. The first-order valence-electron chi connectivity index (χ1n) is 3.47. The number of aryl methyl sites for hydroxylation is 1. The van der Waals surface area contributed by atoms with Crippen LogP contribution in [0.3, 0.4) is 0 Å². The lowest BCUT2D eigenvalue weighted by molar-refractivity contribution is -0.385. The number of aromatic nitrogens is 1. The molecule has 1 heterocycles. The lowest BCUT2D eigenvalue weighted by atomic mass is 10.3. The van der Waals surface area contributed by atoms with Crippen LogP contribution in [-0.2, 0) is 6.61 Å². The molecule has 1 aromatic rings. The quantitative estimate of drug-likeness (QED) is 0.635. The molecule has 1 rings (SSSR count). The van der Waals surface area contributed by atoms with Crippen LogP contribution < -0.4 is 0 Å². The van der Waals surface area contributed by atoms with Crippen LogP contribution in [0.4, 0.5) is 5.69 Å². The van der Waals surface area contributed by atoms with E-state index in [0.717, 1.165) is 0 Å². The second-order valence-electron chi connectivity index (χ2n) is 2.46. The van der Waals surface area contributed by atoms with E-state index in [1.165, 1.54) is 6.07 Å². The van der Waals surface area contributed by atoms with Crippen LogP contribution in [0.25, 0.3) is 0 Å². The highest BCUT2D eigenvalue weighted by Gasteiger charge is 2.16. The van der Waals surface area contributed by atoms with Crippen molar-refractivity contribution < 1.29 is 10.0 Å². The molecule has 0 atom stereocenters. The number of nitro groups is 1. The Bertz CT molecular complexity index is 354. The largest absolute Gasteiger partial charge is 0.390 e. The maximum atomic E-state index is 10.5. The molecule has 0 fully saturated rings. The van der Waals surface area contributed by atoms with E-state index in [9.17, 15) is 10.1 Å². The molecule has 0 unspecified atom stereocenters. The molecule has 1 N–H and O–H groups in total. The van der Waals surface area contributed by atoms with Gasteiger partial charge in [-0.1, -0.05) is 0 Å². The Morgan fingerprint density at radius 2 is 2.38 bits per heavy atom. The number of hydrogen-bond donors (Lipinski definition) is 1. The predicted octanol–water partition coefficient (Wildman–Crippen LogP) is 1.55. The molecular formula is C7H7BrN2O3. The number of pyridine rings is 1. The van der Waals surface area contributed by atoms with Gasteiger partial charge in [-0.25, -0.2) is 0 Å². The third-order valence-corrected chi connectivity index (χ3v) is 2.35. The van der Waals surface area contributed by atoms with Crippen molar-refractivity contribution in [2.24, 2.45) is 0 Å². The number of nitrogens with zero attached hydrogens (tertiary/aromatic N) is 2. The summed E-state index contributed by atoms with van der Waals surface area (Å²) in [6.07, 6.45) is 0. The van der Waals surface area contributed by atoms with E-state index >= 15 is 0 Å². The highest BCUT2D eigenvalue weighted by Crippen LogP contribution is 2.27. The zero-order valence-electron chi connectivity index (χ0n) is 6.82. The summed E-state index contributed by atoms with van der Waals surface area (Å²) >= 11 is 3.01. The maximum Gasteiger partial charge on any atom is 0.287 e. The topological polar surface area (TPSA) is 76.3 Å². The van der Waals surface area contributed by atoms with Gasteiger partial charge in [0.05, 0.1) is 17.2 Å². The molecule has 0 bridgehead atoms. The molecule has 0 amide bonds. The van der Waals surface area contributed by atoms with Crippen molar-refractivity contribution in [2.75, 3.05) is 0 Å². The van der Waals surface area contributed by atoms with E-state index in [0.29, 0.717) is 5.69 Å². The molecule has 0 saturated carbocycles. The third kappa shape index (κ3) is 2.02. The standard InChI is InChI=1S/C7H7BrN2O3/c1-4-2-6(10(12)13)7(8)5(3-11)9-4/h2,11H,3H2,1H3. The molecule has 0 aromatic carbocycles. The van der Waals surface area contributed by atoms with Gasteiger partial charge in [-0.05, 0) is 22.9 Å². The zero-order valence-corrected chi connectivity index (χ0v) is 8.41. The maximum absolute atomic E-state index is 10.5. The van der Waals surface area contributed by atoms with Crippen LogP contribution >= 0.6 is 15.9 Å². The fraction of sp³-hybridized carbons (Fsp3) is 0.286. The van der Waals surface area contributed by atoms with Crippen LogP contribution in [0.5, 0.6) is 0 Å². The minimum absolute atomic E-state index is 0.0726. The van der Waals surface area contributed by atoms with E-state index < -0.39 is 4.92 Å². The van der Waals surface area contributed by atoms with Crippen molar-refractivity contribution in [2.45, 2.75) is 13.5 Å². The summed E-state index contributed by atoms with van der Waals surface area (Å²) in [6.45, 7) is 1.32. The average Bonchev–Trinajstić information content (AvgIpc) is 2.08. The van der Waals surface area contributed by atoms with Crippen molar-refractivity contribution in [3.8, 4) is 0 Å². The van der Waals surface area contributed by atoms with Gasteiger partial charge in [-0.15, -0.1) is 0 Å². The number of aliphatic hydroxyl groups is 1. The first kappa shape index (κ1) is 10.1. The molecule has 0 aliphatic carbocycles. The lowest BCUT2D eigenvalue weighted by Gasteiger charge is -2.02. The molecule has 0 saturated heterocycles. The molecule has 1 aromatic heterocycles. The van der Waals surface area contributed by atoms with Gasteiger partial charge in [0.1, 0.15) is 4.47 Å². The van der Waals surface area contributed by atoms with Gasteiger partial charge >= 0.3 is 0 Å². The minimum Gasteiger partial charge on any atom is -0.390 e. The summed E-state index contributed by atoms with van der Waals surface area (Å²) in [6, 6.07) is 1.35. The van der Waals surface area contributed by atoms with Crippen LogP contribution in [0.2, 0.25) is 0 Å². The van der Waals surface area contributed by atoms with Gasteiger partial charge in [-0.3, -0.25) is 15.1 Å². The normalized spacial score (nSPS) is 10.1. The van der Waals surface area contributed by atoms with E-state index in [-0.39, 0.29) is 22.5 Å². The first-order chi connectivity index (χ1) is 6.06. The number of hydrogen-bond acceptors (Lipinski definition) is 4. The van der Waals surface area contributed by atoms with E-state index in [1.54, 1.807) is 6.92 Å². The van der Waals surface area contributed by atoms with E-state index in [1.807, 2.05) is 0 Å². The molecule has 0 aliphatic rings. The van der Waals surface area contributed by atoms with Gasteiger partial charge in [0.15, 0.2) is 0 Å². The summed E-state index contributed by atoms with van der Waals surface area (Å²) in [5.74, 6) is 0. The summed E-state index contributed by atoms with van der Waals surface area (Å²) in [7, 11) is 0. The number of rotatable bonds is 2. The predicted molar refractivity (Wildman–Crippen MR) is 49.3 cm³/mol. The zero-order chi connectivity index (χ0) is 10.0. The van der Waals surface area contributed by atoms with Crippen LogP contribution in [0, 0.1) is 17.0 Å². The molecule has 13 heavy (non-hydrogen) atoms. The highest BCUT2D eigenvalue weighted by atomic mass is 79.9. The highest BCUT2D eigenvalue weighted by molar-refractivity contribution is 9.10. The van der Waals surface area contributed by atoms with Crippen molar-refractivity contribution in [1.29, 1.82) is 0 Å². The van der Waals surface area contributed by atoms with Crippen LogP contribution in [0.1, 0.15) is 11.4 Å². The second-order valence-corrected chi connectivity index (χ2v) is 3.25. The Balaban J connectivity index is 3.35. The Morgan fingerprint density at radius 3 is 2.85 bits per heavy atom. The van der Waals surface area contributed by atoms with Gasteiger partial charge in [0.25, 0.3) is 5.69 Å².